The maximum absolute atomic E-state index is 13.0. The Bertz CT molecular complexity index is 1110. The van der Waals surface area contributed by atoms with Gasteiger partial charge in [-0.1, -0.05) is 24.3 Å². The SMILES string of the molecule is COc1ccc(-c2c(C(=O)Nc3ccccc3C)nc3ccccn23)cc1. The van der Waals surface area contributed by atoms with Gasteiger partial charge in [0.2, 0.25) is 0 Å². The molecule has 5 nitrogen and oxygen atoms in total. The third-order valence-corrected chi connectivity index (χ3v) is 4.50. The van der Waals surface area contributed by atoms with E-state index >= 15 is 0 Å². The molecule has 1 N–H and O–H groups in total. The Labute approximate surface area is 157 Å². The zero-order valence-electron chi connectivity index (χ0n) is 15.1. The Morgan fingerprint density at radius 3 is 2.48 bits per heavy atom. The van der Waals surface area contributed by atoms with E-state index in [0.29, 0.717) is 5.69 Å². The lowest BCUT2D eigenvalue weighted by Gasteiger charge is -2.09. The number of aromatic nitrogens is 2. The van der Waals surface area contributed by atoms with Crippen LogP contribution >= 0.6 is 0 Å². The zero-order chi connectivity index (χ0) is 18.8. The highest BCUT2D eigenvalue weighted by atomic mass is 16.5. The summed E-state index contributed by atoms with van der Waals surface area (Å²) in [7, 11) is 1.63. The van der Waals surface area contributed by atoms with Crippen molar-refractivity contribution in [1.29, 1.82) is 0 Å². The molecule has 0 aliphatic heterocycles. The number of pyridine rings is 1. The van der Waals surface area contributed by atoms with Crippen LogP contribution in [0.3, 0.4) is 0 Å². The van der Waals surface area contributed by atoms with Crippen molar-refractivity contribution in [2.45, 2.75) is 6.92 Å². The third-order valence-electron chi connectivity index (χ3n) is 4.50. The van der Waals surface area contributed by atoms with E-state index < -0.39 is 0 Å². The average molecular weight is 357 g/mol. The third kappa shape index (κ3) is 3.15. The minimum Gasteiger partial charge on any atom is -0.497 e. The van der Waals surface area contributed by atoms with Gasteiger partial charge in [0, 0.05) is 17.4 Å². The van der Waals surface area contributed by atoms with E-state index in [9.17, 15) is 4.79 Å². The van der Waals surface area contributed by atoms with Crippen molar-refractivity contribution in [3.63, 3.8) is 0 Å². The quantitative estimate of drug-likeness (QED) is 0.582. The first-order chi connectivity index (χ1) is 13.2. The number of carbonyl (C=O) groups excluding carboxylic acids is 1. The second kappa shape index (κ2) is 6.96. The first-order valence-electron chi connectivity index (χ1n) is 8.66. The Morgan fingerprint density at radius 1 is 1.00 bits per heavy atom. The predicted octanol–water partition coefficient (Wildman–Crippen LogP) is 4.57. The lowest BCUT2D eigenvalue weighted by molar-refractivity contribution is 0.102. The smallest absolute Gasteiger partial charge is 0.276 e. The van der Waals surface area contributed by atoms with Gasteiger partial charge < -0.3 is 10.1 Å². The van der Waals surface area contributed by atoms with Gasteiger partial charge >= 0.3 is 0 Å². The molecular formula is C22H19N3O2. The number of imidazole rings is 1. The number of hydrogen-bond acceptors (Lipinski definition) is 3. The Hall–Kier alpha value is -3.60. The summed E-state index contributed by atoms with van der Waals surface area (Å²) in [6, 6.07) is 21.0. The molecule has 5 heteroatoms. The number of nitrogens with zero attached hydrogens (tertiary/aromatic N) is 2. The number of nitrogens with one attached hydrogen (secondary N) is 1. The molecule has 0 saturated carbocycles. The molecule has 0 aliphatic rings. The molecule has 2 aromatic heterocycles. The van der Waals surface area contributed by atoms with Gasteiger partial charge in [-0.15, -0.1) is 0 Å². The maximum Gasteiger partial charge on any atom is 0.276 e. The highest BCUT2D eigenvalue weighted by Crippen LogP contribution is 2.28. The molecule has 0 bridgehead atoms. The van der Waals surface area contributed by atoms with Gasteiger partial charge in [-0.3, -0.25) is 9.20 Å². The summed E-state index contributed by atoms with van der Waals surface area (Å²) in [6.07, 6.45) is 1.91. The van der Waals surface area contributed by atoms with E-state index in [1.54, 1.807) is 7.11 Å². The van der Waals surface area contributed by atoms with Crippen molar-refractivity contribution in [1.82, 2.24) is 9.38 Å². The second-order valence-corrected chi connectivity index (χ2v) is 6.24. The average Bonchev–Trinajstić information content (AvgIpc) is 3.09. The van der Waals surface area contributed by atoms with Crippen LogP contribution in [0.5, 0.6) is 5.75 Å². The largest absolute Gasteiger partial charge is 0.497 e. The number of carbonyl (C=O) groups is 1. The molecule has 0 saturated heterocycles. The summed E-state index contributed by atoms with van der Waals surface area (Å²) in [5.41, 5.74) is 4.53. The number of aryl methyl sites for hydroxylation is 1. The summed E-state index contributed by atoms with van der Waals surface area (Å²) in [5, 5.41) is 2.98. The summed E-state index contributed by atoms with van der Waals surface area (Å²) in [5.74, 6) is 0.525. The second-order valence-electron chi connectivity index (χ2n) is 6.24. The molecule has 1 amide bonds. The molecule has 0 atom stereocenters. The normalized spacial score (nSPS) is 10.7. The molecule has 4 rings (SSSR count). The fourth-order valence-electron chi connectivity index (χ4n) is 3.07. The van der Waals surface area contributed by atoms with Crippen LogP contribution in [0.25, 0.3) is 16.9 Å². The van der Waals surface area contributed by atoms with Crippen LogP contribution in [0.15, 0.2) is 72.9 Å². The number of hydrogen-bond donors (Lipinski definition) is 1. The molecule has 0 unspecified atom stereocenters. The van der Waals surface area contributed by atoms with Gasteiger partial charge in [0.15, 0.2) is 5.69 Å². The maximum atomic E-state index is 13.0. The minimum atomic E-state index is -0.237. The van der Waals surface area contributed by atoms with E-state index in [1.807, 2.05) is 84.3 Å². The molecule has 0 spiro atoms. The van der Waals surface area contributed by atoms with Crippen molar-refractivity contribution < 1.29 is 9.53 Å². The van der Waals surface area contributed by atoms with Crippen LogP contribution in [-0.2, 0) is 0 Å². The van der Waals surface area contributed by atoms with Crippen LogP contribution in [0, 0.1) is 6.92 Å². The van der Waals surface area contributed by atoms with Gasteiger partial charge in [0.25, 0.3) is 5.91 Å². The molecule has 4 aromatic rings. The van der Waals surface area contributed by atoms with Gasteiger partial charge in [-0.25, -0.2) is 4.98 Å². The molecule has 2 heterocycles. The number of benzene rings is 2. The molecule has 2 aromatic carbocycles. The Morgan fingerprint density at radius 2 is 1.74 bits per heavy atom. The van der Waals surface area contributed by atoms with Crippen LogP contribution in [0.4, 0.5) is 5.69 Å². The zero-order valence-corrected chi connectivity index (χ0v) is 15.1. The van der Waals surface area contributed by atoms with Gasteiger partial charge in [0.1, 0.15) is 11.4 Å². The van der Waals surface area contributed by atoms with E-state index in [2.05, 4.69) is 10.3 Å². The van der Waals surface area contributed by atoms with Crippen LogP contribution < -0.4 is 10.1 Å². The standard InChI is InChI=1S/C22H19N3O2/c1-15-7-3-4-8-18(15)23-22(26)20-21(16-10-12-17(27-2)13-11-16)25-14-6-5-9-19(25)24-20/h3-14H,1-2H3,(H,23,26). The Kier molecular flexibility index (Phi) is 4.34. The number of anilines is 1. The Balaban J connectivity index is 1.82. The predicted molar refractivity (Wildman–Crippen MR) is 106 cm³/mol. The fourth-order valence-corrected chi connectivity index (χ4v) is 3.07. The van der Waals surface area contributed by atoms with Crippen molar-refractivity contribution in [2.24, 2.45) is 0 Å². The van der Waals surface area contributed by atoms with Gasteiger partial charge in [-0.05, 0) is 55.0 Å². The van der Waals surface area contributed by atoms with Crippen molar-refractivity contribution in [3.05, 3.63) is 84.2 Å². The molecule has 0 radical (unpaired) electrons. The van der Waals surface area contributed by atoms with Crippen molar-refractivity contribution in [2.75, 3.05) is 12.4 Å². The van der Waals surface area contributed by atoms with E-state index in [4.69, 9.17) is 4.74 Å². The summed E-state index contributed by atoms with van der Waals surface area (Å²) >= 11 is 0. The monoisotopic (exact) mass is 357 g/mol. The molecule has 134 valence electrons. The lowest BCUT2D eigenvalue weighted by atomic mass is 10.1. The number of amides is 1. The molecule has 0 fully saturated rings. The topological polar surface area (TPSA) is 55.6 Å². The van der Waals surface area contributed by atoms with Gasteiger partial charge in [-0.2, -0.15) is 0 Å². The van der Waals surface area contributed by atoms with Crippen LogP contribution in [0.2, 0.25) is 0 Å². The summed E-state index contributed by atoms with van der Waals surface area (Å²) in [4.78, 5) is 17.6. The van der Waals surface area contributed by atoms with E-state index in [1.165, 1.54) is 0 Å². The molecule has 27 heavy (non-hydrogen) atoms. The summed E-state index contributed by atoms with van der Waals surface area (Å²) in [6.45, 7) is 1.96. The first kappa shape index (κ1) is 16.8. The van der Waals surface area contributed by atoms with Crippen molar-refractivity contribution >= 4 is 17.2 Å². The van der Waals surface area contributed by atoms with E-state index in [-0.39, 0.29) is 5.91 Å². The number of methoxy groups -OCH3 is 1. The number of rotatable bonds is 4. The molecule has 0 aliphatic carbocycles. The molecular weight excluding hydrogens is 338 g/mol. The van der Waals surface area contributed by atoms with Crippen LogP contribution in [0.1, 0.15) is 16.1 Å². The number of para-hydroxylation sites is 1. The van der Waals surface area contributed by atoms with E-state index in [0.717, 1.165) is 33.9 Å². The minimum absolute atomic E-state index is 0.237. The number of ether oxygens (including phenoxy) is 1. The van der Waals surface area contributed by atoms with Gasteiger partial charge in [0.05, 0.1) is 12.8 Å². The first-order valence-corrected chi connectivity index (χ1v) is 8.66. The highest BCUT2D eigenvalue weighted by molar-refractivity contribution is 6.07. The van der Waals surface area contributed by atoms with Crippen molar-refractivity contribution in [3.8, 4) is 17.0 Å². The summed E-state index contributed by atoms with van der Waals surface area (Å²) < 4.78 is 7.17. The fraction of sp³-hybridized carbons (Fsp3) is 0.0909. The lowest BCUT2D eigenvalue weighted by Crippen LogP contribution is -2.14. The van der Waals surface area contributed by atoms with Crippen LogP contribution in [-0.4, -0.2) is 22.4 Å². The highest BCUT2D eigenvalue weighted by Gasteiger charge is 2.20. The number of fused-ring (bicyclic) bond motifs is 1.